The first kappa shape index (κ1) is 20.7. The summed E-state index contributed by atoms with van der Waals surface area (Å²) in [6.07, 6.45) is 3.16. The molecule has 0 aliphatic carbocycles. The van der Waals surface area contributed by atoms with E-state index >= 15 is 0 Å². The molecule has 4 aromatic rings. The quantitative estimate of drug-likeness (QED) is 0.448. The highest BCUT2D eigenvalue weighted by Crippen LogP contribution is 2.15. The van der Waals surface area contributed by atoms with Crippen LogP contribution >= 0.6 is 0 Å². The first-order valence-electron chi connectivity index (χ1n) is 10.5. The molecule has 0 unspecified atom stereocenters. The monoisotopic (exact) mass is 417 g/mol. The van der Waals surface area contributed by atoms with Crippen LogP contribution in [0.1, 0.15) is 12.8 Å². The lowest BCUT2D eigenvalue weighted by molar-refractivity contribution is -0.121. The Labute approximate surface area is 180 Å². The van der Waals surface area contributed by atoms with Gasteiger partial charge >= 0.3 is 0 Å². The van der Waals surface area contributed by atoms with Crippen molar-refractivity contribution in [2.75, 3.05) is 25.5 Å². The molecule has 4 rings (SSSR count). The molecule has 7 heteroatoms. The zero-order valence-electron chi connectivity index (χ0n) is 17.9. The number of anilines is 1. The highest BCUT2D eigenvalue weighted by molar-refractivity contribution is 5.80. The third kappa shape index (κ3) is 4.45. The van der Waals surface area contributed by atoms with Crippen LogP contribution < -0.4 is 15.8 Å². The Morgan fingerprint density at radius 3 is 2.55 bits per heavy atom. The van der Waals surface area contributed by atoms with E-state index in [1.807, 2.05) is 36.4 Å². The van der Waals surface area contributed by atoms with Crippen molar-refractivity contribution in [3.05, 3.63) is 71.1 Å². The summed E-state index contributed by atoms with van der Waals surface area (Å²) in [5.41, 5.74) is 2.50. The summed E-state index contributed by atoms with van der Waals surface area (Å²) < 4.78 is 3.84. The predicted octanol–water partition coefficient (Wildman–Crippen LogP) is 3.01. The summed E-state index contributed by atoms with van der Waals surface area (Å²) in [5.74, 6) is 0.314. The summed E-state index contributed by atoms with van der Waals surface area (Å²) in [7, 11) is 3.59. The number of carbonyl (C=O) groups excluding carboxylic acids is 1. The van der Waals surface area contributed by atoms with Crippen molar-refractivity contribution in [3.8, 4) is 0 Å². The van der Waals surface area contributed by atoms with Gasteiger partial charge in [-0.05, 0) is 36.1 Å². The molecule has 1 amide bonds. The van der Waals surface area contributed by atoms with E-state index in [2.05, 4.69) is 39.3 Å². The Morgan fingerprint density at radius 2 is 1.74 bits per heavy atom. The number of hydrogen-bond donors (Lipinski definition) is 1. The molecule has 0 bridgehead atoms. The first-order valence-corrected chi connectivity index (χ1v) is 10.5. The normalized spacial score (nSPS) is 11.2. The molecule has 7 nitrogen and oxygen atoms in total. The molecule has 0 spiro atoms. The summed E-state index contributed by atoms with van der Waals surface area (Å²) in [6, 6.07) is 17.9. The van der Waals surface area contributed by atoms with Gasteiger partial charge < -0.3 is 19.4 Å². The Morgan fingerprint density at radius 1 is 1.00 bits per heavy atom. The molecule has 0 fully saturated rings. The standard InChI is InChI=1S/C24H27N5O2/c1-27(2)23-24(31)29(21-11-6-4-9-19(21)26-23)17-13-22(30)25-14-7-15-28-16-12-18-8-3-5-10-20(18)28/h3-6,8-12,16H,7,13-15,17H2,1-2H3,(H,25,30). The molecule has 0 saturated heterocycles. The van der Waals surface area contributed by atoms with Crippen LogP contribution in [0.15, 0.2) is 65.6 Å². The molecule has 2 aromatic carbocycles. The zero-order valence-corrected chi connectivity index (χ0v) is 17.9. The van der Waals surface area contributed by atoms with E-state index in [0.29, 0.717) is 18.9 Å². The van der Waals surface area contributed by atoms with Gasteiger partial charge in [-0.15, -0.1) is 0 Å². The Bertz CT molecular complexity index is 1270. The Hall–Kier alpha value is -3.61. The predicted molar refractivity (Wildman–Crippen MR) is 125 cm³/mol. The van der Waals surface area contributed by atoms with Crippen LogP contribution in [0.4, 0.5) is 5.82 Å². The van der Waals surface area contributed by atoms with Crippen molar-refractivity contribution in [2.24, 2.45) is 0 Å². The Balaban J connectivity index is 1.35. The van der Waals surface area contributed by atoms with E-state index in [1.165, 1.54) is 10.9 Å². The molecule has 0 aliphatic heterocycles. The summed E-state index contributed by atoms with van der Waals surface area (Å²) in [4.78, 5) is 31.4. The van der Waals surface area contributed by atoms with E-state index < -0.39 is 0 Å². The van der Waals surface area contributed by atoms with Crippen molar-refractivity contribution in [1.82, 2.24) is 19.4 Å². The number of benzene rings is 2. The van der Waals surface area contributed by atoms with Gasteiger partial charge in [0.15, 0.2) is 5.82 Å². The molecular weight excluding hydrogens is 390 g/mol. The van der Waals surface area contributed by atoms with Crippen LogP contribution in [0.2, 0.25) is 0 Å². The van der Waals surface area contributed by atoms with Crippen molar-refractivity contribution < 1.29 is 4.79 Å². The lowest BCUT2D eigenvalue weighted by Gasteiger charge is -2.16. The molecule has 2 aromatic heterocycles. The van der Waals surface area contributed by atoms with E-state index in [-0.39, 0.29) is 17.9 Å². The SMILES string of the molecule is CN(C)c1nc2ccccc2n(CCC(=O)NCCCn2ccc3ccccc32)c1=O. The van der Waals surface area contributed by atoms with Crippen LogP contribution in [0, 0.1) is 0 Å². The van der Waals surface area contributed by atoms with Gasteiger partial charge in [-0.2, -0.15) is 0 Å². The number of nitrogens with one attached hydrogen (secondary N) is 1. The van der Waals surface area contributed by atoms with Crippen molar-refractivity contribution in [3.63, 3.8) is 0 Å². The third-order valence-electron chi connectivity index (χ3n) is 5.40. The number of para-hydroxylation sites is 3. The van der Waals surface area contributed by atoms with Crippen molar-refractivity contribution >= 4 is 33.7 Å². The highest BCUT2D eigenvalue weighted by Gasteiger charge is 2.13. The average molecular weight is 418 g/mol. The zero-order chi connectivity index (χ0) is 21.8. The second-order valence-electron chi connectivity index (χ2n) is 7.80. The fourth-order valence-corrected chi connectivity index (χ4v) is 3.81. The minimum Gasteiger partial charge on any atom is -0.358 e. The van der Waals surface area contributed by atoms with Crippen LogP contribution in [-0.4, -0.2) is 40.7 Å². The van der Waals surface area contributed by atoms with E-state index in [9.17, 15) is 9.59 Å². The van der Waals surface area contributed by atoms with Gasteiger partial charge in [-0.3, -0.25) is 9.59 Å². The summed E-state index contributed by atoms with van der Waals surface area (Å²) in [6.45, 7) is 1.76. The number of carbonyl (C=O) groups is 1. The first-order chi connectivity index (χ1) is 15.0. The number of fused-ring (bicyclic) bond motifs is 2. The van der Waals surface area contributed by atoms with Crippen LogP contribution in [0.5, 0.6) is 0 Å². The van der Waals surface area contributed by atoms with E-state index in [4.69, 9.17) is 0 Å². The molecule has 1 N–H and O–H groups in total. The van der Waals surface area contributed by atoms with Gasteiger partial charge in [0.2, 0.25) is 5.91 Å². The lowest BCUT2D eigenvalue weighted by atomic mass is 10.2. The summed E-state index contributed by atoms with van der Waals surface area (Å²) >= 11 is 0. The number of aromatic nitrogens is 3. The molecule has 0 aliphatic rings. The lowest BCUT2D eigenvalue weighted by Crippen LogP contribution is -2.31. The molecular formula is C24H27N5O2. The number of nitrogens with zero attached hydrogens (tertiary/aromatic N) is 4. The molecule has 2 heterocycles. The van der Waals surface area contributed by atoms with Gasteiger partial charge in [0.05, 0.1) is 11.0 Å². The maximum Gasteiger partial charge on any atom is 0.293 e. The maximum atomic E-state index is 12.9. The average Bonchev–Trinajstić information content (AvgIpc) is 3.18. The highest BCUT2D eigenvalue weighted by atomic mass is 16.2. The largest absolute Gasteiger partial charge is 0.358 e. The second-order valence-corrected chi connectivity index (χ2v) is 7.80. The summed E-state index contributed by atoms with van der Waals surface area (Å²) in [5, 5.41) is 4.20. The van der Waals surface area contributed by atoms with E-state index in [1.54, 1.807) is 23.6 Å². The number of amides is 1. The van der Waals surface area contributed by atoms with Crippen molar-refractivity contribution in [2.45, 2.75) is 25.9 Å². The van der Waals surface area contributed by atoms with Gasteiger partial charge in [0.1, 0.15) is 0 Å². The van der Waals surface area contributed by atoms with Crippen molar-refractivity contribution in [1.29, 1.82) is 0 Å². The number of rotatable bonds is 8. The Kier molecular flexibility index (Phi) is 6.02. The van der Waals surface area contributed by atoms with Crippen LogP contribution in [0.25, 0.3) is 21.9 Å². The minimum absolute atomic E-state index is 0.0587. The van der Waals surface area contributed by atoms with Crippen LogP contribution in [-0.2, 0) is 17.9 Å². The fourth-order valence-electron chi connectivity index (χ4n) is 3.81. The van der Waals surface area contributed by atoms with Gasteiger partial charge in [0.25, 0.3) is 5.56 Å². The second kappa shape index (κ2) is 9.04. The van der Waals surface area contributed by atoms with Gasteiger partial charge in [-0.25, -0.2) is 4.98 Å². The number of aryl methyl sites for hydroxylation is 2. The number of hydrogen-bond acceptors (Lipinski definition) is 4. The molecule has 0 radical (unpaired) electrons. The fraction of sp³-hybridized carbons (Fsp3) is 0.292. The topological polar surface area (TPSA) is 72.2 Å². The van der Waals surface area contributed by atoms with Gasteiger partial charge in [0, 0.05) is 51.9 Å². The molecule has 160 valence electrons. The smallest absolute Gasteiger partial charge is 0.293 e. The molecule has 0 saturated carbocycles. The van der Waals surface area contributed by atoms with E-state index in [0.717, 1.165) is 24.0 Å². The third-order valence-corrected chi connectivity index (χ3v) is 5.40. The van der Waals surface area contributed by atoms with Gasteiger partial charge in [-0.1, -0.05) is 30.3 Å². The molecule has 0 atom stereocenters. The maximum absolute atomic E-state index is 12.9. The molecule has 31 heavy (non-hydrogen) atoms. The van der Waals surface area contributed by atoms with Crippen LogP contribution in [0.3, 0.4) is 0 Å². The minimum atomic E-state index is -0.184.